The molecule has 4 rings (SSSR count). The van der Waals surface area contributed by atoms with Gasteiger partial charge in [0.2, 0.25) is 5.91 Å². The number of nitrogens with zero attached hydrogens (tertiary/aromatic N) is 1. The SMILES string of the molecule is O=C1NC(=O)C(Cc2ccc(OCCCN3COc4ccc(C(=O)O)cc4C3=O)cc2)S1. The van der Waals surface area contributed by atoms with Gasteiger partial charge in [0.05, 0.1) is 23.0 Å². The molecular weight excluding hydrogens is 436 g/mol. The van der Waals surface area contributed by atoms with Crippen LogP contribution in [0, 0.1) is 0 Å². The Hall–Kier alpha value is -3.53. The van der Waals surface area contributed by atoms with Crippen LogP contribution in [-0.2, 0) is 11.2 Å². The van der Waals surface area contributed by atoms with Crippen molar-refractivity contribution in [2.24, 2.45) is 0 Å². The largest absolute Gasteiger partial charge is 0.494 e. The van der Waals surface area contributed by atoms with Gasteiger partial charge in [-0.3, -0.25) is 19.7 Å². The summed E-state index contributed by atoms with van der Waals surface area (Å²) in [5.74, 6) is -0.600. The van der Waals surface area contributed by atoms with Crippen LogP contribution in [0.4, 0.5) is 4.79 Å². The van der Waals surface area contributed by atoms with Gasteiger partial charge >= 0.3 is 5.97 Å². The molecule has 1 atom stereocenters. The monoisotopic (exact) mass is 456 g/mol. The first-order valence-corrected chi connectivity index (χ1v) is 10.8. The highest BCUT2D eigenvalue weighted by Gasteiger charge is 2.31. The molecule has 2 aromatic carbocycles. The minimum absolute atomic E-state index is 0.0353. The summed E-state index contributed by atoms with van der Waals surface area (Å²) in [6.45, 7) is 0.873. The van der Waals surface area contributed by atoms with Crippen molar-refractivity contribution >= 4 is 34.8 Å². The normalized spacial score (nSPS) is 17.6. The number of carboxylic acids is 1. The van der Waals surface area contributed by atoms with E-state index in [0.29, 0.717) is 37.5 Å². The molecule has 0 saturated carbocycles. The second-order valence-electron chi connectivity index (χ2n) is 7.29. The Balaban J connectivity index is 1.24. The third-order valence-electron chi connectivity index (χ3n) is 5.07. The van der Waals surface area contributed by atoms with Gasteiger partial charge in [-0.15, -0.1) is 0 Å². The van der Waals surface area contributed by atoms with Crippen molar-refractivity contribution in [3.05, 3.63) is 59.2 Å². The summed E-state index contributed by atoms with van der Waals surface area (Å²) >= 11 is 0.999. The van der Waals surface area contributed by atoms with Crippen LogP contribution in [0.3, 0.4) is 0 Å². The Morgan fingerprint density at radius 3 is 2.66 bits per heavy atom. The fraction of sp³-hybridized carbons (Fsp3) is 0.273. The summed E-state index contributed by atoms with van der Waals surface area (Å²) in [6.07, 6.45) is 1.02. The quantitative estimate of drug-likeness (QED) is 0.581. The fourth-order valence-electron chi connectivity index (χ4n) is 3.41. The smallest absolute Gasteiger partial charge is 0.335 e. The lowest BCUT2D eigenvalue weighted by atomic mass is 10.1. The van der Waals surface area contributed by atoms with Gasteiger partial charge in [0.25, 0.3) is 11.1 Å². The van der Waals surface area contributed by atoms with Gasteiger partial charge in [0.15, 0.2) is 6.73 Å². The first-order chi connectivity index (χ1) is 15.4. The Bertz CT molecular complexity index is 1070. The molecule has 0 bridgehead atoms. The van der Waals surface area contributed by atoms with Crippen molar-refractivity contribution in [3.8, 4) is 11.5 Å². The van der Waals surface area contributed by atoms with Gasteiger partial charge in [-0.25, -0.2) is 4.79 Å². The Kier molecular flexibility index (Phi) is 6.31. The van der Waals surface area contributed by atoms with Crippen molar-refractivity contribution < 1.29 is 33.8 Å². The minimum Gasteiger partial charge on any atom is -0.494 e. The molecule has 1 fully saturated rings. The summed E-state index contributed by atoms with van der Waals surface area (Å²) in [4.78, 5) is 48.2. The van der Waals surface area contributed by atoms with E-state index in [0.717, 1.165) is 17.3 Å². The number of carbonyl (C=O) groups excluding carboxylic acids is 3. The highest BCUT2D eigenvalue weighted by molar-refractivity contribution is 8.15. The van der Waals surface area contributed by atoms with Gasteiger partial charge in [-0.2, -0.15) is 0 Å². The highest BCUT2D eigenvalue weighted by atomic mass is 32.2. The van der Waals surface area contributed by atoms with Crippen LogP contribution in [0.15, 0.2) is 42.5 Å². The molecule has 2 aliphatic rings. The third-order valence-corrected chi connectivity index (χ3v) is 6.05. The summed E-state index contributed by atoms with van der Waals surface area (Å²) in [5.41, 5.74) is 1.20. The average molecular weight is 456 g/mol. The number of nitrogens with one attached hydrogen (secondary N) is 1. The van der Waals surface area contributed by atoms with Crippen molar-refractivity contribution in [1.82, 2.24) is 10.2 Å². The summed E-state index contributed by atoms with van der Waals surface area (Å²) in [5, 5.41) is 10.7. The molecule has 2 heterocycles. The van der Waals surface area contributed by atoms with E-state index in [1.807, 2.05) is 12.1 Å². The number of benzene rings is 2. The number of fused-ring (bicyclic) bond motifs is 1. The number of ether oxygens (including phenoxy) is 2. The predicted molar refractivity (Wildman–Crippen MR) is 115 cm³/mol. The molecule has 32 heavy (non-hydrogen) atoms. The van der Waals surface area contributed by atoms with Gasteiger partial charge < -0.3 is 19.5 Å². The van der Waals surface area contributed by atoms with E-state index in [9.17, 15) is 19.2 Å². The number of amides is 3. The lowest BCUT2D eigenvalue weighted by molar-refractivity contribution is -0.118. The van der Waals surface area contributed by atoms with Crippen LogP contribution < -0.4 is 14.8 Å². The maximum absolute atomic E-state index is 12.6. The van der Waals surface area contributed by atoms with E-state index in [2.05, 4.69) is 5.32 Å². The van der Waals surface area contributed by atoms with E-state index in [1.54, 1.807) is 12.1 Å². The van der Waals surface area contributed by atoms with E-state index in [-0.39, 0.29) is 34.9 Å². The first kappa shape index (κ1) is 21.7. The number of hydrogen-bond acceptors (Lipinski definition) is 7. The van der Waals surface area contributed by atoms with Gasteiger partial charge in [-0.05, 0) is 48.7 Å². The second kappa shape index (κ2) is 9.31. The summed E-state index contributed by atoms with van der Waals surface area (Å²) in [6, 6.07) is 11.5. The molecule has 0 aromatic heterocycles. The Morgan fingerprint density at radius 1 is 1.19 bits per heavy atom. The Morgan fingerprint density at radius 2 is 1.97 bits per heavy atom. The van der Waals surface area contributed by atoms with Crippen LogP contribution in [0.25, 0.3) is 0 Å². The predicted octanol–water partition coefficient (Wildman–Crippen LogP) is 2.54. The zero-order valence-electron chi connectivity index (χ0n) is 16.9. The van der Waals surface area contributed by atoms with Crippen molar-refractivity contribution in [3.63, 3.8) is 0 Å². The summed E-state index contributed by atoms with van der Waals surface area (Å²) < 4.78 is 11.3. The molecule has 0 radical (unpaired) electrons. The number of thioether (sulfide) groups is 1. The molecule has 0 spiro atoms. The molecule has 1 saturated heterocycles. The van der Waals surface area contributed by atoms with Gasteiger partial charge in [-0.1, -0.05) is 23.9 Å². The number of carbonyl (C=O) groups is 4. The molecule has 166 valence electrons. The molecule has 3 amide bonds. The number of hydrogen-bond donors (Lipinski definition) is 2. The second-order valence-corrected chi connectivity index (χ2v) is 8.47. The van der Waals surface area contributed by atoms with Gasteiger partial charge in [0.1, 0.15) is 11.5 Å². The van der Waals surface area contributed by atoms with Crippen molar-refractivity contribution in [2.75, 3.05) is 19.9 Å². The van der Waals surface area contributed by atoms with Crippen LogP contribution in [-0.4, -0.2) is 58.2 Å². The van der Waals surface area contributed by atoms with Crippen LogP contribution in [0.5, 0.6) is 11.5 Å². The van der Waals surface area contributed by atoms with E-state index in [1.165, 1.54) is 23.1 Å². The fourth-order valence-corrected chi connectivity index (χ4v) is 4.27. The molecule has 2 aliphatic heterocycles. The zero-order chi connectivity index (χ0) is 22.7. The maximum Gasteiger partial charge on any atom is 0.335 e. The molecule has 2 aromatic rings. The number of imide groups is 1. The molecule has 10 heteroatoms. The van der Waals surface area contributed by atoms with Crippen LogP contribution >= 0.6 is 11.8 Å². The molecule has 1 unspecified atom stereocenters. The third kappa shape index (κ3) is 4.86. The Labute approximate surface area is 187 Å². The maximum atomic E-state index is 12.6. The lowest BCUT2D eigenvalue weighted by Gasteiger charge is -2.28. The van der Waals surface area contributed by atoms with Crippen LogP contribution in [0.1, 0.15) is 32.7 Å². The minimum atomic E-state index is -1.10. The van der Waals surface area contributed by atoms with Crippen molar-refractivity contribution in [2.45, 2.75) is 18.1 Å². The average Bonchev–Trinajstić information content (AvgIpc) is 3.10. The molecule has 9 nitrogen and oxygen atoms in total. The van der Waals surface area contributed by atoms with E-state index in [4.69, 9.17) is 14.6 Å². The standard InChI is InChI=1S/C22H20N2O7S/c25-19-18(32-22(29)23-19)10-13-2-5-15(6-3-13)30-9-1-8-24-12-31-17-7-4-14(21(27)28)11-16(17)20(24)26/h2-7,11,18H,1,8-10,12H2,(H,27,28)(H,23,25,29). The number of rotatable bonds is 8. The number of aromatic carboxylic acids is 1. The van der Waals surface area contributed by atoms with E-state index < -0.39 is 11.2 Å². The molecule has 0 aliphatic carbocycles. The van der Waals surface area contributed by atoms with Gasteiger partial charge in [0, 0.05) is 6.54 Å². The molecule has 2 N–H and O–H groups in total. The van der Waals surface area contributed by atoms with Crippen LogP contribution in [0.2, 0.25) is 0 Å². The lowest BCUT2D eigenvalue weighted by Crippen LogP contribution is -2.39. The number of carboxylic acid groups (broad SMARTS) is 1. The molecular formula is C22H20N2O7S. The first-order valence-electron chi connectivity index (χ1n) is 9.93. The topological polar surface area (TPSA) is 122 Å². The highest BCUT2D eigenvalue weighted by Crippen LogP contribution is 2.26. The summed E-state index contributed by atoms with van der Waals surface area (Å²) in [7, 11) is 0. The zero-order valence-corrected chi connectivity index (χ0v) is 17.7. The van der Waals surface area contributed by atoms with Crippen molar-refractivity contribution in [1.29, 1.82) is 0 Å². The van der Waals surface area contributed by atoms with E-state index >= 15 is 0 Å².